The molecule has 0 unspecified atom stereocenters. The van der Waals surface area contributed by atoms with Crippen molar-refractivity contribution in [2.45, 2.75) is 32.2 Å². The zero-order valence-electron chi connectivity index (χ0n) is 14.9. The van der Waals surface area contributed by atoms with Crippen LogP contribution in [-0.2, 0) is 19.4 Å². The van der Waals surface area contributed by atoms with Crippen LogP contribution in [0.1, 0.15) is 28.8 Å². The molecule has 1 aliphatic rings. The number of benzene rings is 1. The van der Waals surface area contributed by atoms with Crippen LogP contribution in [0.4, 0.5) is 5.82 Å². The lowest BCUT2D eigenvalue weighted by molar-refractivity contribution is 0.700. The number of aromatic amines is 1. The van der Waals surface area contributed by atoms with Crippen LogP contribution in [0.3, 0.4) is 0 Å². The first-order valence-electron chi connectivity index (χ1n) is 9.19. The predicted molar refractivity (Wildman–Crippen MR) is 115 cm³/mol. The number of aryl methyl sites for hydroxylation is 2. The smallest absolute Gasteiger partial charge is 0.199 e. The normalized spacial score (nSPS) is 13.6. The molecule has 0 bridgehead atoms. The second-order valence-electron chi connectivity index (χ2n) is 6.83. The number of rotatable bonds is 4. The summed E-state index contributed by atoms with van der Waals surface area (Å²) in [5.41, 5.74) is 2.44. The molecule has 0 spiro atoms. The molecule has 0 amide bonds. The van der Waals surface area contributed by atoms with E-state index in [1.807, 2.05) is 18.2 Å². The number of H-pyrrole nitrogens is 1. The second kappa shape index (κ2) is 7.35. The molecule has 5 rings (SSSR count). The minimum atomic E-state index is 0.554. The summed E-state index contributed by atoms with van der Waals surface area (Å²) in [6.07, 6.45) is 8.16. The van der Waals surface area contributed by atoms with Gasteiger partial charge in [0.05, 0.1) is 15.4 Å². The van der Waals surface area contributed by atoms with Crippen LogP contribution in [0, 0.1) is 0 Å². The molecule has 3 aromatic heterocycles. The Morgan fingerprint density at radius 1 is 1.11 bits per heavy atom. The summed E-state index contributed by atoms with van der Waals surface area (Å²) < 4.78 is 0. The summed E-state index contributed by atoms with van der Waals surface area (Å²) >= 11 is 14.0. The number of thiophene rings is 1. The Hall–Kier alpha value is -2.15. The van der Waals surface area contributed by atoms with Crippen molar-refractivity contribution in [1.82, 2.24) is 19.9 Å². The van der Waals surface area contributed by atoms with Gasteiger partial charge in [0.2, 0.25) is 0 Å². The van der Waals surface area contributed by atoms with Gasteiger partial charge in [0, 0.05) is 23.8 Å². The third-order valence-corrected chi connectivity index (χ3v) is 6.89. The minimum absolute atomic E-state index is 0.554. The number of anilines is 1. The quantitative estimate of drug-likeness (QED) is 0.424. The van der Waals surface area contributed by atoms with E-state index in [0.717, 1.165) is 34.4 Å². The number of imidazole rings is 1. The van der Waals surface area contributed by atoms with Gasteiger partial charge in [-0.1, -0.05) is 29.3 Å². The molecule has 142 valence electrons. The van der Waals surface area contributed by atoms with Crippen molar-refractivity contribution < 1.29 is 0 Å². The van der Waals surface area contributed by atoms with Gasteiger partial charge in [-0.05, 0) is 48.9 Å². The lowest BCUT2D eigenvalue weighted by atomic mass is 9.97. The molecule has 0 radical (unpaired) electrons. The third-order valence-electron chi connectivity index (χ3n) is 4.97. The summed E-state index contributed by atoms with van der Waals surface area (Å²) in [5.74, 6) is 2.13. The Morgan fingerprint density at radius 2 is 2.00 bits per heavy atom. The summed E-state index contributed by atoms with van der Waals surface area (Å²) in [6.45, 7) is 0.602. The molecule has 8 heteroatoms. The molecule has 28 heavy (non-hydrogen) atoms. The lowest BCUT2D eigenvalue weighted by Gasteiger charge is -2.13. The lowest BCUT2D eigenvalue weighted by Crippen LogP contribution is -2.06. The number of fused-ring (bicyclic) bond motifs is 3. The van der Waals surface area contributed by atoms with Crippen LogP contribution in [-0.4, -0.2) is 19.9 Å². The molecule has 0 atom stereocenters. The van der Waals surface area contributed by atoms with Gasteiger partial charge in [0.15, 0.2) is 11.6 Å². The number of hydrogen-bond acceptors (Lipinski definition) is 5. The van der Waals surface area contributed by atoms with E-state index in [2.05, 4.69) is 15.3 Å². The van der Waals surface area contributed by atoms with Crippen molar-refractivity contribution in [2.24, 2.45) is 0 Å². The van der Waals surface area contributed by atoms with Gasteiger partial charge in [-0.3, -0.25) is 0 Å². The Balaban J connectivity index is 1.58. The number of aromatic nitrogens is 4. The van der Waals surface area contributed by atoms with Crippen molar-refractivity contribution >= 4 is 50.6 Å². The van der Waals surface area contributed by atoms with Gasteiger partial charge in [-0.15, -0.1) is 11.3 Å². The number of hydrogen-bond donors (Lipinski definition) is 2. The standard InChI is InChI=1S/C20H17Cl2N5S/c21-13-6-5-11(9-14(13)22)10-25-17-16-12-3-1-2-4-15(12)28-20(16)27-19(26-17)18-23-7-8-24-18/h5-9H,1-4,10H2,(H,23,24)(H,25,26,27). The molecule has 0 saturated heterocycles. The molecule has 2 N–H and O–H groups in total. The molecule has 1 aromatic carbocycles. The summed E-state index contributed by atoms with van der Waals surface area (Å²) in [7, 11) is 0. The maximum absolute atomic E-state index is 6.16. The SMILES string of the molecule is Clc1ccc(CNc2nc(-c3ncc[nH]3)nc3sc4c(c23)CCCC4)cc1Cl. The third kappa shape index (κ3) is 3.26. The summed E-state index contributed by atoms with van der Waals surface area (Å²) in [6, 6.07) is 5.67. The van der Waals surface area contributed by atoms with Gasteiger partial charge < -0.3 is 10.3 Å². The average molecular weight is 430 g/mol. The number of nitrogens with one attached hydrogen (secondary N) is 2. The van der Waals surface area contributed by atoms with Crippen LogP contribution in [0.5, 0.6) is 0 Å². The van der Waals surface area contributed by atoms with Crippen LogP contribution < -0.4 is 5.32 Å². The van der Waals surface area contributed by atoms with Crippen LogP contribution in [0.2, 0.25) is 10.0 Å². The van der Waals surface area contributed by atoms with Gasteiger partial charge in [-0.25, -0.2) is 15.0 Å². The average Bonchev–Trinajstić information content (AvgIpc) is 3.36. The first-order chi connectivity index (χ1) is 13.7. The molecule has 1 aliphatic carbocycles. The predicted octanol–water partition coefficient (Wildman–Crippen LogP) is 5.88. The highest BCUT2D eigenvalue weighted by atomic mass is 35.5. The first-order valence-corrected chi connectivity index (χ1v) is 10.8. The number of halogens is 2. The molecule has 0 fully saturated rings. The van der Waals surface area contributed by atoms with Crippen LogP contribution >= 0.6 is 34.5 Å². The zero-order valence-corrected chi connectivity index (χ0v) is 17.3. The molecular formula is C20H17Cl2N5S. The topological polar surface area (TPSA) is 66.5 Å². The van der Waals surface area contributed by atoms with E-state index in [4.69, 9.17) is 33.2 Å². The Labute approximate surface area is 176 Å². The molecule has 5 nitrogen and oxygen atoms in total. The minimum Gasteiger partial charge on any atom is -0.365 e. The maximum atomic E-state index is 6.16. The number of nitrogens with zero attached hydrogens (tertiary/aromatic N) is 3. The van der Waals surface area contributed by atoms with Crippen molar-refractivity contribution in [3.63, 3.8) is 0 Å². The van der Waals surface area contributed by atoms with E-state index in [9.17, 15) is 0 Å². The molecule has 3 heterocycles. The second-order valence-corrected chi connectivity index (χ2v) is 8.72. The van der Waals surface area contributed by atoms with E-state index in [1.165, 1.54) is 23.3 Å². The Bertz CT molecular complexity index is 1150. The van der Waals surface area contributed by atoms with Crippen molar-refractivity contribution in [1.29, 1.82) is 0 Å². The van der Waals surface area contributed by atoms with Crippen LogP contribution in [0.15, 0.2) is 30.6 Å². The Morgan fingerprint density at radius 3 is 2.82 bits per heavy atom. The van der Waals surface area contributed by atoms with E-state index in [0.29, 0.717) is 28.2 Å². The molecule has 0 saturated carbocycles. The van der Waals surface area contributed by atoms with E-state index in [-0.39, 0.29) is 0 Å². The highest BCUT2D eigenvalue weighted by Gasteiger charge is 2.22. The van der Waals surface area contributed by atoms with Crippen molar-refractivity contribution in [3.05, 3.63) is 56.6 Å². The van der Waals surface area contributed by atoms with Gasteiger partial charge in [-0.2, -0.15) is 0 Å². The summed E-state index contributed by atoms with van der Waals surface area (Å²) in [4.78, 5) is 19.5. The highest BCUT2D eigenvalue weighted by Crippen LogP contribution is 2.39. The Kier molecular flexibility index (Phi) is 4.70. The monoisotopic (exact) mass is 429 g/mol. The fourth-order valence-corrected chi connectivity index (χ4v) is 5.20. The van der Waals surface area contributed by atoms with E-state index >= 15 is 0 Å². The van der Waals surface area contributed by atoms with Gasteiger partial charge in [0.25, 0.3) is 0 Å². The zero-order chi connectivity index (χ0) is 19.1. The fraction of sp³-hybridized carbons (Fsp3) is 0.250. The van der Waals surface area contributed by atoms with E-state index < -0.39 is 0 Å². The van der Waals surface area contributed by atoms with E-state index in [1.54, 1.807) is 23.7 Å². The molecule has 0 aliphatic heterocycles. The highest BCUT2D eigenvalue weighted by molar-refractivity contribution is 7.19. The first kappa shape index (κ1) is 17.9. The van der Waals surface area contributed by atoms with Crippen LogP contribution in [0.25, 0.3) is 21.9 Å². The summed E-state index contributed by atoms with van der Waals surface area (Å²) in [5, 5.41) is 5.76. The van der Waals surface area contributed by atoms with Crippen molar-refractivity contribution in [3.8, 4) is 11.6 Å². The largest absolute Gasteiger partial charge is 0.365 e. The van der Waals surface area contributed by atoms with Gasteiger partial charge in [0.1, 0.15) is 10.6 Å². The fourth-order valence-electron chi connectivity index (χ4n) is 3.61. The van der Waals surface area contributed by atoms with Gasteiger partial charge >= 0.3 is 0 Å². The van der Waals surface area contributed by atoms with Crippen molar-refractivity contribution in [2.75, 3.05) is 5.32 Å². The molecule has 4 aromatic rings. The maximum Gasteiger partial charge on any atom is 0.199 e. The molecular weight excluding hydrogens is 413 g/mol.